The van der Waals surface area contributed by atoms with Crippen LogP contribution in [0.2, 0.25) is 0 Å². The molecule has 0 aliphatic carbocycles. The third-order valence-corrected chi connectivity index (χ3v) is 2.35. The highest BCUT2D eigenvalue weighted by Crippen LogP contribution is 2.19. The predicted octanol–water partition coefficient (Wildman–Crippen LogP) is 2.66. The van der Waals surface area contributed by atoms with Crippen molar-refractivity contribution in [2.24, 2.45) is 0 Å². The van der Waals surface area contributed by atoms with Crippen LogP contribution in [0.3, 0.4) is 0 Å². The Morgan fingerprint density at radius 1 is 1.44 bits per heavy atom. The summed E-state index contributed by atoms with van der Waals surface area (Å²) in [5.41, 5.74) is 1.95. The molecule has 1 heterocycles. The molecule has 2 aromatic rings. The van der Waals surface area contributed by atoms with Crippen LogP contribution >= 0.6 is 0 Å². The largest absolute Gasteiger partial charge is 0.465 e. The molecule has 0 N–H and O–H groups in total. The molecule has 0 aliphatic heterocycles. The van der Waals surface area contributed by atoms with Crippen LogP contribution in [0.1, 0.15) is 16.1 Å². The molecule has 16 heavy (non-hydrogen) atoms. The zero-order valence-electron chi connectivity index (χ0n) is 8.93. The predicted molar refractivity (Wildman–Crippen MR) is 63.2 cm³/mol. The van der Waals surface area contributed by atoms with Crippen molar-refractivity contribution in [2.45, 2.75) is 0 Å². The smallest absolute Gasteiger partial charge is 0.338 e. The van der Waals surface area contributed by atoms with Gasteiger partial charge in [-0.3, -0.25) is 0 Å². The van der Waals surface area contributed by atoms with E-state index in [9.17, 15) is 4.79 Å². The normalized spacial score (nSPS) is 10.1. The molecule has 0 radical (unpaired) electrons. The molecule has 2 rings (SSSR count). The molecule has 3 nitrogen and oxygen atoms in total. The Labute approximate surface area is 93.4 Å². The number of para-hydroxylation sites is 1. The summed E-state index contributed by atoms with van der Waals surface area (Å²) in [6.45, 7) is 3.65. The number of ether oxygens (including phenoxy) is 1. The topological polar surface area (TPSA) is 39.2 Å². The Bertz CT molecular complexity index is 561. The minimum absolute atomic E-state index is 0.360. The van der Waals surface area contributed by atoms with E-state index in [4.69, 9.17) is 4.74 Å². The molecule has 0 fully saturated rings. The van der Waals surface area contributed by atoms with E-state index >= 15 is 0 Å². The van der Waals surface area contributed by atoms with Gasteiger partial charge in [-0.05, 0) is 18.2 Å². The van der Waals surface area contributed by atoms with E-state index in [1.54, 1.807) is 12.1 Å². The van der Waals surface area contributed by atoms with Crippen LogP contribution in [0.15, 0.2) is 36.9 Å². The van der Waals surface area contributed by atoms with Crippen LogP contribution in [0, 0.1) is 0 Å². The Kier molecular flexibility index (Phi) is 2.68. The summed E-state index contributed by atoms with van der Waals surface area (Å²) < 4.78 is 4.74. The summed E-state index contributed by atoms with van der Waals surface area (Å²) in [6.07, 6.45) is 1.61. The number of carbonyl (C=O) groups is 1. The average Bonchev–Trinajstić information content (AvgIpc) is 2.36. The van der Waals surface area contributed by atoms with Crippen LogP contribution in [0.25, 0.3) is 17.0 Å². The van der Waals surface area contributed by atoms with Crippen molar-refractivity contribution in [2.75, 3.05) is 7.11 Å². The molecular formula is C13H11NO2. The van der Waals surface area contributed by atoms with Gasteiger partial charge in [0, 0.05) is 5.39 Å². The highest BCUT2D eigenvalue weighted by atomic mass is 16.5. The molecule has 0 aliphatic rings. The van der Waals surface area contributed by atoms with Crippen molar-refractivity contribution < 1.29 is 9.53 Å². The Morgan fingerprint density at radius 2 is 2.19 bits per heavy atom. The quantitative estimate of drug-likeness (QED) is 0.720. The summed E-state index contributed by atoms with van der Waals surface area (Å²) in [6, 6.07) is 9.13. The number of hydrogen-bond donors (Lipinski definition) is 0. The van der Waals surface area contributed by atoms with E-state index in [0.717, 1.165) is 10.9 Å². The molecule has 0 amide bonds. The van der Waals surface area contributed by atoms with Crippen LogP contribution in [-0.4, -0.2) is 18.1 Å². The summed E-state index contributed by atoms with van der Waals surface area (Å²) in [4.78, 5) is 16.0. The van der Waals surface area contributed by atoms with E-state index < -0.39 is 0 Å². The fourth-order valence-electron chi connectivity index (χ4n) is 1.58. The molecule has 3 heteroatoms. The van der Waals surface area contributed by atoms with Gasteiger partial charge in [-0.25, -0.2) is 9.78 Å². The molecule has 80 valence electrons. The Morgan fingerprint density at radius 3 is 2.88 bits per heavy atom. The van der Waals surface area contributed by atoms with E-state index in [0.29, 0.717) is 11.3 Å². The van der Waals surface area contributed by atoms with Crippen molar-refractivity contribution in [1.29, 1.82) is 0 Å². The molecule has 0 spiro atoms. The van der Waals surface area contributed by atoms with Gasteiger partial charge in [0.2, 0.25) is 0 Å². The first-order valence-corrected chi connectivity index (χ1v) is 4.87. The second-order valence-electron chi connectivity index (χ2n) is 3.31. The van der Waals surface area contributed by atoms with E-state index in [1.165, 1.54) is 7.11 Å². The van der Waals surface area contributed by atoms with Gasteiger partial charge in [0.05, 0.1) is 23.9 Å². The third kappa shape index (κ3) is 1.67. The van der Waals surface area contributed by atoms with Gasteiger partial charge in [0.15, 0.2) is 0 Å². The molecule has 0 atom stereocenters. The number of rotatable bonds is 2. The maximum atomic E-state index is 11.6. The highest BCUT2D eigenvalue weighted by molar-refractivity contribution is 6.03. The first-order valence-electron chi connectivity index (χ1n) is 4.87. The van der Waals surface area contributed by atoms with Crippen LogP contribution in [0.4, 0.5) is 0 Å². The van der Waals surface area contributed by atoms with Gasteiger partial charge in [0.25, 0.3) is 0 Å². The number of fused-ring (bicyclic) bond motifs is 1. The fraction of sp³-hybridized carbons (Fsp3) is 0.0769. The SMILES string of the molecule is C=Cc1cc(C(=O)OC)c2ccccc2n1. The average molecular weight is 213 g/mol. The van der Waals surface area contributed by atoms with Gasteiger partial charge >= 0.3 is 5.97 Å². The van der Waals surface area contributed by atoms with Crippen LogP contribution in [-0.2, 0) is 4.74 Å². The lowest BCUT2D eigenvalue weighted by atomic mass is 10.1. The molecule has 1 aromatic carbocycles. The lowest BCUT2D eigenvalue weighted by molar-refractivity contribution is 0.0603. The zero-order valence-corrected chi connectivity index (χ0v) is 8.93. The summed E-state index contributed by atoms with van der Waals surface area (Å²) >= 11 is 0. The number of nitrogens with zero attached hydrogens (tertiary/aromatic N) is 1. The Hall–Kier alpha value is -2.16. The molecular weight excluding hydrogens is 202 g/mol. The van der Waals surface area contributed by atoms with Crippen LogP contribution < -0.4 is 0 Å². The minimum Gasteiger partial charge on any atom is -0.465 e. The number of carbonyl (C=O) groups excluding carboxylic acids is 1. The maximum Gasteiger partial charge on any atom is 0.338 e. The van der Waals surface area contributed by atoms with Gasteiger partial charge < -0.3 is 4.74 Å². The second-order valence-corrected chi connectivity index (χ2v) is 3.31. The van der Waals surface area contributed by atoms with E-state index in [1.807, 2.05) is 24.3 Å². The number of esters is 1. The zero-order chi connectivity index (χ0) is 11.5. The minimum atomic E-state index is -0.360. The fourth-order valence-corrected chi connectivity index (χ4v) is 1.58. The molecule has 0 saturated carbocycles. The van der Waals surface area contributed by atoms with Gasteiger partial charge in [0.1, 0.15) is 0 Å². The first kappa shape index (κ1) is 10.4. The standard InChI is InChI=1S/C13H11NO2/c1-3-9-8-11(13(15)16-2)10-6-4-5-7-12(10)14-9/h3-8H,1H2,2H3. The first-order chi connectivity index (χ1) is 7.76. The van der Waals surface area contributed by atoms with Crippen molar-refractivity contribution in [3.63, 3.8) is 0 Å². The monoisotopic (exact) mass is 213 g/mol. The summed E-state index contributed by atoms with van der Waals surface area (Å²) in [5, 5.41) is 0.792. The summed E-state index contributed by atoms with van der Waals surface area (Å²) in [5.74, 6) is -0.360. The number of benzene rings is 1. The van der Waals surface area contributed by atoms with E-state index in [-0.39, 0.29) is 5.97 Å². The van der Waals surface area contributed by atoms with Crippen LogP contribution in [0.5, 0.6) is 0 Å². The van der Waals surface area contributed by atoms with Gasteiger partial charge in [-0.1, -0.05) is 24.8 Å². The highest BCUT2D eigenvalue weighted by Gasteiger charge is 2.11. The molecule has 0 bridgehead atoms. The molecule has 0 unspecified atom stereocenters. The number of methoxy groups -OCH3 is 1. The lowest BCUT2D eigenvalue weighted by Crippen LogP contribution is -2.03. The summed E-state index contributed by atoms with van der Waals surface area (Å²) in [7, 11) is 1.37. The molecule has 1 aromatic heterocycles. The number of hydrogen-bond acceptors (Lipinski definition) is 3. The number of aromatic nitrogens is 1. The second kappa shape index (κ2) is 4.14. The van der Waals surface area contributed by atoms with Gasteiger partial charge in [-0.15, -0.1) is 0 Å². The lowest BCUT2D eigenvalue weighted by Gasteiger charge is -2.05. The van der Waals surface area contributed by atoms with E-state index in [2.05, 4.69) is 11.6 Å². The van der Waals surface area contributed by atoms with Gasteiger partial charge in [-0.2, -0.15) is 0 Å². The van der Waals surface area contributed by atoms with Crippen molar-refractivity contribution >= 4 is 22.9 Å². The maximum absolute atomic E-state index is 11.6. The molecule has 0 saturated heterocycles. The van der Waals surface area contributed by atoms with Crippen molar-refractivity contribution in [3.8, 4) is 0 Å². The number of pyridine rings is 1. The third-order valence-electron chi connectivity index (χ3n) is 2.35. The van der Waals surface area contributed by atoms with Crippen molar-refractivity contribution in [3.05, 3.63) is 48.2 Å². The Balaban J connectivity index is 2.78. The van der Waals surface area contributed by atoms with Crippen molar-refractivity contribution in [1.82, 2.24) is 4.98 Å².